The van der Waals surface area contributed by atoms with Crippen LogP contribution in [0, 0.1) is 0 Å². The van der Waals surface area contributed by atoms with Gasteiger partial charge in [-0.3, -0.25) is 0 Å². The lowest BCUT2D eigenvalue weighted by atomic mass is 9.87. The minimum atomic E-state index is 0.130. The summed E-state index contributed by atoms with van der Waals surface area (Å²) in [5.74, 6) is 0. The van der Waals surface area contributed by atoms with Gasteiger partial charge in [0.2, 0.25) is 0 Å². The second-order valence-corrected chi connectivity index (χ2v) is 6.75. The van der Waals surface area contributed by atoms with E-state index < -0.39 is 0 Å². The molecule has 1 aromatic carbocycles. The van der Waals surface area contributed by atoms with E-state index in [0.717, 1.165) is 43.0 Å². The van der Waals surface area contributed by atoms with Crippen LogP contribution in [0.15, 0.2) is 22.6 Å². The zero-order valence-electron chi connectivity index (χ0n) is 12.5. The average Bonchev–Trinajstić information content (AvgIpc) is 2.81. The molecule has 20 heavy (non-hydrogen) atoms. The van der Waals surface area contributed by atoms with E-state index in [1.165, 1.54) is 5.56 Å². The van der Waals surface area contributed by atoms with Crippen molar-refractivity contribution in [2.45, 2.75) is 45.1 Å². The normalized spacial score (nSPS) is 17.9. The topological polar surface area (TPSA) is 55.3 Å². The molecule has 108 valence electrons. The summed E-state index contributed by atoms with van der Waals surface area (Å²) in [6.45, 7) is 8.49. The van der Waals surface area contributed by atoms with Gasteiger partial charge in [0, 0.05) is 19.1 Å². The van der Waals surface area contributed by atoms with Crippen LogP contribution in [0.2, 0.25) is 0 Å². The van der Waals surface area contributed by atoms with Crippen LogP contribution in [-0.2, 0) is 5.41 Å². The lowest BCUT2D eigenvalue weighted by Crippen LogP contribution is -2.39. The SMILES string of the molecule is CC(C)(C)c1ccc2oc(N3CCC(N)CC3)nc2c1. The van der Waals surface area contributed by atoms with Crippen LogP contribution in [-0.4, -0.2) is 24.1 Å². The number of fused-ring (bicyclic) bond motifs is 1. The third-order valence-corrected chi connectivity index (χ3v) is 4.05. The Bertz CT molecular complexity index is 604. The van der Waals surface area contributed by atoms with E-state index in [1.54, 1.807) is 0 Å². The van der Waals surface area contributed by atoms with Gasteiger partial charge in [-0.1, -0.05) is 26.8 Å². The second kappa shape index (κ2) is 4.77. The third-order valence-electron chi connectivity index (χ3n) is 4.05. The van der Waals surface area contributed by atoms with Crippen molar-refractivity contribution >= 4 is 17.1 Å². The van der Waals surface area contributed by atoms with E-state index in [1.807, 2.05) is 6.07 Å². The Labute approximate surface area is 120 Å². The number of aromatic nitrogens is 1. The van der Waals surface area contributed by atoms with Gasteiger partial charge in [0.1, 0.15) is 5.52 Å². The molecule has 0 spiro atoms. The number of rotatable bonds is 1. The number of benzene rings is 1. The van der Waals surface area contributed by atoms with Crippen molar-refractivity contribution in [1.29, 1.82) is 0 Å². The molecule has 0 unspecified atom stereocenters. The van der Waals surface area contributed by atoms with Gasteiger partial charge in [-0.15, -0.1) is 0 Å². The molecular formula is C16H23N3O. The minimum absolute atomic E-state index is 0.130. The van der Waals surface area contributed by atoms with E-state index in [0.29, 0.717) is 6.04 Å². The molecule has 3 rings (SSSR count). The summed E-state index contributed by atoms with van der Waals surface area (Å²) in [6, 6.07) is 7.35. The van der Waals surface area contributed by atoms with E-state index in [9.17, 15) is 0 Å². The largest absolute Gasteiger partial charge is 0.423 e. The number of hydrogen-bond donors (Lipinski definition) is 1. The summed E-state index contributed by atoms with van der Waals surface area (Å²) < 4.78 is 5.88. The molecule has 1 fully saturated rings. The fourth-order valence-corrected chi connectivity index (χ4v) is 2.61. The predicted molar refractivity (Wildman–Crippen MR) is 82.1 cm³/mol. The van der Waals surface area contributed by atoms with Gasteiger partial charge in [0.25, 0.3) is 6.01 Å². The lowest BCUT2D eigenvalue weighted by Gasteiger charge is -2.28. The summed E-state index contributed by atoms with van der Waals surface area (Å²) in [4.78, 5) is 6.85. The van der Waals surface area contributed by atoms with E-state index in [4.69, 9.17) is 10.2 Å². The van der Waals surface area contributed by atoms with Crippen LogP contribution in [0.3, 0.4) is 0 Å². The van der Waals surface area contributed by atoms with Gasteiger partial charge >= 0.3 is 0 Å². The zero-order chi connectivity index (χ0) is 14.3. The molecule has 4 heteroatoms. The maximum atomic E-state index is 5.94. The average molecular weight is 273 g/mol. The Morgan fingerprint density at radius 1 is 1.25 bits per heavy atom. The molecule has 0 bridgehead atoms. The van der Waals surface area contributed by atoms with Crippen molar-refractivity contribution in [1.82, 2.24) is 4.98 Å². The van der Waals surface area contributed by atoms with E-state index in [2.05, 4.69) is 42.8 Å². The molecule has 0 atom stereocenters. The zero-order valence-corrected chi connectivity index (χ0v) is 12.5. The summed E-state index contributed by atoms with van der Waals surface area (Å²) in [7, 11) is 0. The van der Waals surface area contributed by atoms with Gasteiger partial charge in [-0.2, -0.15) is 4.98 Å². The Morgan fingerprint density at radius 3 is 2.60 bits per heavy atom. The first kappa shape index (κ1) is 13.4. The van der Waals surface area contributed by atoms with Gasteiger partial charge in [-0.05, 0) is 36.0 Å². The second-order valence-electron chi connectivity index (χ2n) is 6.75. The quantitative estimate of drug-likeness (QED) is 0.867. The van der Waals surface area contributed by atoms with Crippen LogP contribution < -0.4 is 10.6 Å². The first-order chi connectivity index (χ1) is 9.43. The Morgan fingerprint density at radius 2 is 1.95 bits per heavy atom. The van der Waals surface area contributed by atoms with Gasteiger partial charge in [-0.25, -0.2) is 0 Å². The highest BCUT2D eigenvalue weighted by Crippen LogP contribution is 2.29. The summed E-state index contributed by atoms with van der Waals surface area (Å²) in [5, 5.41) is 0. The van der Waals surface area contributed by atoms with Crippen LogP contribution in [0.25, 0.3) is 11.1 Å². The van der Waals surface area contributed by atoms with Crippen molar-refractivity contribution < 1.29 is 4.42 Å². The molecular weight excluding hydrogens is 250 g/mol. The van der Waals surface area contributed by atoms with Crippen LogP contribution in [0.1, 0.15) is 39.2 Å². The number of oxazole rings is 1. The van der Waals surface area contributed by atoms with Crippen LogP contribution >= 0.6 is 0 Å². The molecule has 1 saturated heterocycles. The number of nitrogens with zero attached hydrogens (tertiary/aromatic N) is 2. The molecule has 0 aliphatic carbocycles. The van der Waals surface area contributed by atoms with Gasteiger partial charge < -0.3 is 15.1 Å². The monoisotopic (exact) mass is 273 g/mol. The molecule has 2 N–H and O–H groups in total. The van der Waals surface area contributed by atoms with Crippen molar-refractivity contribution in [3.63, 3.8) is 0 Å². The molecule has 2 heterocycles. The maximum absolute atomic E-state index is 5.94. The van der Waals surface area contributed by atoms with E-state index >= 15 is 0 Å². The lowest BCUT2D eigenvalue weighted by molar-refractivity contribution is 0.466. The van der Waals surface area contributed by atoms with Crippen molar-refractivity contribution in [3.8, 4) is 0 Å². The molecule has 0 radical (unpaired) electrons. The first-order valence-electron chi connectivity index (χ1n) is 7.35. The molecule has 2 aromatic rings. The molecule has 1 aliphatic heterocycles. The Balaban J connectivity index is 1.91. The minimum Gasteiger partial charge on any atom is -0.423 e. The van der Waals surface area contributed by atoms with Crippen molar-refractivity contribution in [2.24, 2.45) is 5.73 Å². The molecule has 1 aliphatic rings. The maximum Gasteiger partial charge on any atom is 0.298 e. The summed E-state index contributed by atoms with van der Waals surface area (Å²) in [5.41, 5.74) is 9.16. The van der Waals surface area contributed by atoms with Crippen LogP contribution in [0.5, 0.6) is 0 Å². The highest BCUT2D eigenvalue weighted by atomic mass is 16.4. The standard InChI is InChI=1S/C16H23N3O/c1-16(2,3)11-4-5-14-13(10-11)18-15(20-14)19-8-6-12(17)7-9-19/h4-5,10,12H,6-9,17H2,1-3H3. The highest BCUT2D eigenvalue weighted by molar-refractivity contribution is 5.75. The van der Waals surface area contributed by atoms with Crippen LogP contribution in [0.4, 0.5) is 6.01 Å². The molecule has 1 aromatic heterocycles. The Kier molecular flexibility index (Phi) is 3.21. The summed E-state index contributed by atoms with van der Waals surface area (Å²) >= 11 is 0. The van der Waals surface area contributed by atoms with Gasteiger partial charge in [0.05, 0.1) is 0 Å². The smallest absolute Gasteiger partial charge is 0.298 e. The fraction of sp³-hybridized carbons (Fsp3) is 0.562. The highest BCUT2D eigenvalue weighted by Gasteiger charge is 2.21. The number of nitrogens with two attached hydrogens (primary N) is 1. The van der Waals surface area contributed by atoms with Crippen molar-refractivity contribution in [2.75, 3.05) is 18.0 Å². The Hall–Kier alpha value is -1.55. The number of hydrogen-bond acceptors (Lipinski definition) is 4. The predicted octanol–water partition coefficient (Wildman–Crippen LogP) is 3.05. The van der Waals surface area contributed by atoms with Crippen molar-refractivity contribution in [3.05, 3.63) is 23.8 Å². The van der Waals surface area contributed by atoms with E-state index in [-0.39, 0.29) is 5.41 Å². The molecule has 4 nitrogen and oxygen atoms in total. The number of anilines is 1. The third kappa shape index (κ3) is 2.52. The molecule has 0 saturated carbocycles. The fourth-order valence-electron chi connectivity index (χ4n) is 2.61. The first-order valence-corrected chi connectivity index (χ1v) is 7.35. The number of piperidine rings is 1. The summed E-state index contributed by atoms with van der Waals surface area (Å²) in [6.07, 6.45) is 2.01. The molecule has 0 amide bonds. The van der Waals surface area contributed by atoms with Gasteiger partial charge in [0.15, 0.2) is 5.58 Å².